The first-order chi connectivity index (χ1) is 11.7. The summed E-state index contributed by atoms with van der Waals surface area (Å²) < 4.78 is 0. The van der Waals surface area contributed by atoms with Crippen molar-refractivity contribution in [1.82, 2.24) is 0 Å². The summed E-state index contributed by atoms with van der Waals surface area (Å²) in [4.78, 5) is 2.25. The number of anilines is 3. The number of rotatable bonds is 4. The Hall–Kier alpha value is -3.07. The molecular formula is C21H21N3. The van der Waals surface area contributed by atoms with Gasteiger partial charge in [-0.05, 0) is 66.9 Å². The quantitative estimate of drug-likeness (QED) is 0.415. The molecule has 120 valence electrons. The lowest BCUT2D eigenvalue weighted by Crippen LogP contribution is -2.10. The third-order valence-electron chi connectivity index (χ3n) is 3.89. The van der Waals surface area contributed by atoms with Crippen LogP contribution in [0.2, 0.25) is 0 Å². The first kappa shape index (κ1) is 15.8. The van der Waals surface area contributed by atoms with E-state index in [1.807, 2.05) is 12.1 Å². The van der Waals surface area contributed by atoms with E-state index < -0.39 is 0 Å². The van der Waals surface area contributed by atoms with Gasteiger partial charge in [-0.15, -0.1) is 0 Å². The molecule has 0 aromatic heterocycles. The third-order valence-corrected chi connectivity index (χ3v) is 3.89. The molecule has 3 aromatic carbocycles. The maximum atomic E-state index is 5.23. The van der Waals surface area contributed by atoms with Crippen LogP contribution in [0.1, 0.15) is 16.7 Å². The lowest BCUT2D eigenvalue weighted by atomic mass is 10.1. The van der Waals surface area contributed by atoms with E-state index in [-0.39, 0.29) is 0 Å². The van der Waals surface area contributed by atoms with Crippen molar-refractivity contribution in [3.63, 3.8) is 0 Å². The molecule has 0 aliphatic heterocycles. The van der Waals surface area contributed by atoms with E-state index in [1.54, 1.807) is 6.21 Å². The summed E-state index contributed by atoms with van der Waals surface area (Å²) in [6, 6.07) is 25.2. The first-order valence-corrected chi connectivity index (χ1v) is 7.94. The van der Waals surface area contributed by atoms with Gasteiger partial charge < -0.3 is 10.7 Å². The van der Waals surface area contributed by atoms with Gasteiger partial charge in [0.15, 0.2) is 0 Å². The SMILES string of the molecule is Cc1cccc(N(c2ccc(C=NN)cc2)c2cccc(C)c2)c1. The zero-order valence-corrected chi connectivity index (χ0v) is 14.0. The van der Waals surface area contributed by atoms with Crippen molar-refractivity contribution in [2.24, 2.45) is 10.9 Å². The van der Waals surface area contributed by atoms with Crippen molar-refractivity contribution in [2.45, 2.75) is 13.8 Å². The molecule has 0 unspecified atom stereocenters. The van der Waals surface area contributed by atoms with Crippen LogP contribution in [0, 0.1) is 13.8 Å². The highest BCUT2D eigenvalue weighted by molar-refractivity contribution is 5.82. The van der Waals surface area contributed by atoms with E-state index >= 15 is 0 Å². The summed E-state index contributed by atoms with van der Waals surface area (Å²) in [6.07, 6.45) is 1.65. The monoisotopic (exact) mass is 315 g/mol. The molecular weight excluding hydrogens is 294 g/mol. The van der Waals surface area contributed by atoms with E-state index in [2.05, 4.69) is 84.5 Å². The van der Waals surface area contributed by atoms with Crippen LogP contribution in [0.4, 0.5) is 17.1 Å². The van der Waals surface area contributed by atoms with Crippen LogP contribution < -0.4 is 10.7 Å². The van der Waals surface area contributed by atoms with Crippen LogP contribution in [0.15, 0.2) is 77.9 Å². The minimum Gasteiger partial charge on any atom is -0.323 e. The predicted octanol–water partition coefficient (Wildman–Crippen LogP) is 5.07. The van der Waals surface area contributed by atoms with Crippen LogP contribution in [0.25, 0.3) is 0 Å². The number of aryl methyl sites for hydroxylation is 2. The lowest BCUT2D eigenvalue weighted by Gasteiger charge is -2.26. The third kappa shape index (κ3) is 3.46. The van der Waals surface area contributed by atoms with Gasteiger partial charge in [-0.3, -0.25) is 0 Å². The van der Waals surface area contributed by atoms with Crippen molar-refractivity contribution in [1.29, 1.82) is 0 Å². The fraction of sp³-hybridized carbons (Fsp3) is 0.0952. The van der Waals surface area contributed by atoms with Crippen molar-refractivity contribution in [3.05, 3.63) is 89.5 Å². The van der Waals surface area contributed by atoms with Gasteiger partial charge in [0.1, 0.15) is 0 Å². The minimum absolute atomic E-state index is 0.981. The summed E-state index contributed by atoms with van der Waals surface area (Å²) >= 11 is 0. The fourth-order valence-corrected chi connectivity index (χ4v) is 2.78. The number of nitrogens with two attached hydrogens (primary N) is 1. The molecule has 0 radical (unpaired) electrons. The standard InChI is InChI=1S/C21H21N3/c1-16-5-3-7-20(13-16)24(21-8-4-6-17(2)14-21)19-11-9-18(10-12-19)15-23-22/h3-15H,22H2,1-2H3. The molecule has 0 saturated heterocycles. The summed E-state index contributed by atoms with van der Waals surface area (Å²) in [5, 5.41) is 3.58. The number of benzene rings is 3. The summed E-state index contributed by atoms with van der Waals surface area (Å²) in [7, 11) is 0. The predicted molar refractivity (Wildman–Crippen MR) is 102 cm³/mol. The largest absolute Gasteiger partial charge is 0.323 e. The highest BCUT2D eigenvalue weighted by Gasteiger charge is 2.12. The van der Waals surface area contributed by atoms with E-state index in [9.17, 15) is 0 Å². The van der Waals surface area contributed by atoms with E-state index in [1.165, 1.54) is 11.1 Å². The molecule has 24 heavy (non-hydrogen) atoms. The van der Waals surface area contributed by atoms with Crippen LogP contribution in [-0.4, -0.2) is 6.21 Å². The number of nitrogens with zero attached hydrogens (tertiary/aromatic N) is 2. The van der Waals surface area contributed by atoms with Crippen LogP contribution in [0.5, 0.6) is 0 Å². The second-order valence-corrected chi connectivity index (χ2v) is 5.88. The zero-order chi connectivity index (χ0) is 16.9. The summed E-state index contributed by atoms with van der Waals surface area (Å²) in [5.74, 6) is 5.23. The molecule has 3 aromatic rings. The molecule has 0 aliphatic carbocycles. The molecule has 0 fully saturated rings. The molecule has 0 bridgehead atoms. The number of hydrazone groups is 1. The van der Waals surface area contributed by atoms with Gasteiger partial charge >= 0.3 is 0 Å². The first-order valence-electron chi connectivity index (χ1n) is 7.94. The van der Waals surface area contributed by atoms with E-state index in [0.29, 0.717) is 0 Å². The van der Waals surface area contributed by atoms with E-state index in [4.69, 9.17) is 5.84 Å². The van der Waals surface area contributed by atoms with E-state index in [0.717, 1.165) is 22.6 Å². The van der Waals surface area contributed by atoms with Crippen LogP contribution in [0.3, 0.4) is 0 Å². The molecule has 0 heterocycles. The van der Waals surface area contributed by atoms with Crippen molar-refractivity contribution < 1.29 is 0 Å². The Balaban J connectivity index is 2.11. The second kappa shape index (κ2) is 7.01. The van der Waals surface area contributed by atoms with Gasteiger partial charge in [0, 0.05) is 17.1 Å². The zero-order valence-electron chi connectivity index (χ0n) is 14.0. The Morgan fingerprint density at radius 2 is 1.29 bits per heavy atom. The molecule has 0 saturated carbocycles. The molecule has 0 atom stereocenters. The Labute approximate surface area is 143 Å². The maximum absolute atomic E-state index is 5.23. The molecule has 3 rings (SSSR count). The maximum Gasteiger partial charge on any atom is 0.0538 e. The molecule has 0 amide bonds. The fourth-order valence-electron chi connectivity index (χ4n) is 2.78. The summed E-state index contributed by atoms with van der Waals surface area (Å²) in [6.45, 7) is 4.22. The van der Waals surface area contributed by atoms with Gasteiger partial charge in [-0.2, -0.15) is 5.10 Å². The Morgan fingerprint density at radius 3 is 1.75 bits per heavy atom. The normalized spacial score (nSPS) is 10.9. The van der Waals surface area contributed by atoms with Gasteiger partial charge in [-0.1, -0.05) is 36.4 Å². The molecule has 3 nitrogen and oxygen atoms in total. The van der Waals surface area contributed by atoms with Crippen molar-refractivity contribution in [2.75, 3.05) is 4.90 Å². The minimum atomic E-state index is 0.981. The Morgan fingerprint density at radius 1 is 0.750 bits per heavy atom. The molecule has 3 heteroatoms. The Kier molecular flexibility index (Phi) is 4.62. The van der Waals surface area contributed by atoms with Gasteiger partial charge in [0.25, 0.3) is 0 Å². The highest BCUT2D eigenvalue weighted by Crippen LogP contribution is 2.35. The highest BCUT2D eigenvalue weighted by atomic mass is 15.1. The Bertz CT molecular complexity index is 805. The van der Waals surface area contributed by atoms with Gasteiger partial charge in [-0.25, -0.2) is 0 Å². The van der Waals surface area contributed by atoms with Crippen LogP contribution in [-0.2, 0) is 0 Å². The molecule has 0 spiro atoms. The smallest absolute Gasteiger partial charge is 0.0538 e. The number of hydrogen-bond donors (Lipinski definition) is 1. The summed E-state index contributed by atoms with van der Waals surface area (Å²) in [5.41, 5.74) is 6.82. The van der Waals surface area contributed by atoms with Gasteiger partial charge in [0.2, 0.25) is 0 Å². The molecule has 0 aliphatic rings. The van der Waals surface area contributed by atoms with Crippen LogP contribution >= 0.6 is 0 Å². The van der Waals surface area contributed by atoms with Crippen molar-refractivity contribution >= 4 is 23.3 Å². The van der Waals surface area contributed by atoms with Crippen molar-refractivity contribution in [3.8, 4) is 0 Å². The number of hydrogen-bond acceptors (Lipinski definition) is 3. The topological polar surface area (TPSA) is 41.6 Å². The lowest BCUT2D eigenvalue weighted by molar-refractivity contribution is 1.25. The average Bonchev–Trinajstić information content (AvgIpc) is 2.57. The average molecular weight is 315 g/mol. The molecule has 2 N–H and O–H groups in total. The second-order valence-electron chi connectivity index (χ2n) is 5.88. The van der Waals surface area contributed by atoms with Gasteiger partial charge in [0.05, 0.1) is 6.21 Å².